The average Bonchev–Trinajstić information content (AvgIpc) is 3.10. The average molecular weight is 286 g/mol. The Balaban J connectivity index is 1.87. The molecule has 1 aromatic heterocycles. The van der Waals surface area contributed by atoms with Crippen LogP contribution in [-0.2, 0) is 7.05 Å². The molecular formula is C17H22N2O2. The molecule has 1 aromatic carbocycles. The van der Waals surface area contributed by atoms with Crippen molar-refractivity contribution in [2.24, 2.45) is 7.05 Å². The summed E-state index contributed by atoms with van der Waals surface area (Å²) in [6, 6.07) is 10.3. The van der Waals surface area contributed by atoms with Crippen LogP contribution in [0.25, 0.3) is 10.9 Å². The summed E-state index contributed by atoms with van der Waals surface area (Å²) < 4.78 is 1.99. The number of carbonyl (C=O) groups excluding carboxylic acids is 1. The molecule has 1 atom stereocenters. The highest BCUT2D eigenvalue weighted by molar-refractivity contribution is 5.99. The summed E-state index contributed by atoms with van der Waals surface area (Å²) in [5.41, 5.74) is 1.85. The van der Waals surface area contributed by atoms with E-state index in [9.17, 15) is 4.79 Å². The summed E-state index contributed by atoms with van der Waals surface area (Å²) in [4.78, 5) is 14.8. The van der Waals surface area contributed by atoms with Crippen LogP contribution in [0.2, 0.25) is 0 Å². The standard InChI is InChI=1S/C17H22N2O2/c1-18-15-9-3-2-6-13(15)12-16(18)17(21)19-10-4-7-14(19)8-5-11-20/h2-3,6,9,12,14,20H,4-5,7-8,10-11H2,1H3. The molecule has 1 unspecified atom stereocenters. The zero-order chi connectivity index (χ0) is 14.8. The van der Waals surface area contributed by atoms with Gasteiger partial charge in [0.1, 0.15) is 5.69 Å². The number of hydrogen-bond donors (Lipinski definition) is 1. The van der Waals surface area contributed by atoms with Gasteiger partial charge in [-0.25, -0.2) is 0 Å². The molecule has 1 saturated heterocycles. The highest BCUT2D eigenvalue weighted by Gasteiger charge is 2.30. The van der Waals surface area contributed by atoms with Crippen molar-refractivity contribution in [1.29, 1.82) is 0 Å². The van der Waals surface area contributed by atoms with Gasteiger partial charge in [0, 0.05) is 37.1 Å². The van der Waals surface area contributed by atoms with Gasteiger partial charge >= 0.3 is 0 Å². The number of aryl methyl sites for hydroxylation is 1. The number of para-hydroxylation sites is 1. The summed E-state index contributed by atoms with van der Waals surface area (Å²) in [5, 5.41) is 10.1. The van der Waals surface area contributed by atoms with Gasteiger partial charge in [-0.15, -0.1) is 0 Å². The molecule has 4 heteroatoms. The number of amides is 1. The lowest BCUT2D eigenvalue weighted by atomic mass is 10.1. The van der Waals surface area contributed by atoms with Crippen molar-refractivity contribution in [3.63, 3.8) is 0 Å². The maximum absolute atomic E-state index is 12.9. The van der Waals surface area contributed by atoms with Gasteiger partial charge in [0.15, 0.2) is 0 Å². The topological polar surface area (TPSA) is 45.5 Å². The van der Waals surface area contributed by atoms with Crippen LogP contribution in [0.1, 0.15) is 36.2 Å². The first-order chi connectivity index (χ1) is 10.2. The summed E-state index contributed by atoms with van der Waals surface area (Å²) in [7, 11) is 1.95. The number of likely N-dealkylation sites (tertiary alicyclic amines) is 1. The number of hydrogen-bond acceptors (Lipinski definition) is 2. The zero-order valence-electron chi connectivity index (χ0n) is 12.5. The molecule has 3 rings (SSSR count). The minimum absolute atomic E-state index is 0.120. The van der Waals surface area contributed by atoms with Crippen LogP contribution in [-0.4, -0.2) is 39.7 Å². The molecule has 21 heavy (non-hydrogen) atoms. The quantitative estimate of drug-likeness (QED) is 0.939. The Kier molecular flexibility index (Phi) is 3.97. The van der Waals surface area contributed by atoms with Gasteiger partial charge in [-0.1, -0.05) is 18.2 Å². The van der Waals surface area contributed by atoms with Crippen molar-refractivity contribution in [2.45, 2.75) is 31.7 Å². The van der Waals surface area contributed by atoms with Crippen LogP contribution in [0.5, 0.6) is 0 Å². The molecule has 2 heterocycles. The van der Waals surface area contributed by atoms with E-state index < -0.39 is 0 Å². The van der Waals surface area contributed by atoms with Gasteiger partial charge in [-0.3, -0.25) is 4.79 Å². The lowest BCUT2D eigenvalue weighted by Crippen LogP contribution is -2.36. The minimum Gasteiger partial charge on any atom is -0.396 e. The monoisotopic (exact) mass is 286 g/mol. The predicted octanol–water partition coefficient (Wildman–Crippen LogP) is 2.56. The molecule has 1 aliphatic heterocycles. The van der Waals surface area contributed by atoms with E-state index in [-0.39, 0.29) is 18.6 Å². The number of aromatic nitrogens is 1. The van der Waals surface area contributed by atoms with E-state index in [1.807, 2.05) is 46.8 Å². The number of fused-ring (bicyclic) bond motifs is 1. The van der Waals surface area contributed by atoms with E-state index in [4.69, 9.17) is 5.11 Å². The largest absolute Gasteiger partial charge is 0.396 e. The third-order valence-electron chi connectivity index (χ3n) is 4.50. The third-order valence-corrected chi connectivity index (χ3v) is 4.50. The van der Waals surface area contributed by atoms with Crippen molar-refractivity contribution >= 4 is 16.8 Å². The number of aliphatic hydroxyl groups excluding tert-OH is 1. The van der Waals surface area contributed by atoms with Crippen molar-refractivity contribution < 1.29 is 9.90 Å². The van der Waals surface area contributed by atoms with Crippen LogP contribution in [0.15, 0.2) is 30.3 Å². The van der Waals surface area contributed by atoms with Gasteiger partial charge in [0.25, 0.3) is 5.91 Å². The first-order valence-corrected chi connectivity index (χ1v) is 7.68. The van der Waals surface area contributed by atoms with E-state index in [1.54, 1.807) is 0 Å². The molecule has 112 valence electrons. The molecule has 4 nitrogen and oxygen atoms in total. The van der Waals surface area contributed by atoms with Gasteiger partial charge in [0.05, 0.1) is 0 Å². The number of rotatable bonds is 4. The number of carbonyl (C=O) groups is 1. The Bertz CT molecular complexity index is 647. The Morgan fingerprint density at radius 3 is 2.95 bits per heavy atom. The van der Waals surface area contributed by atoms with E-state index in [2.05, 4.69) is 0 Å². The highest BCUT2D eigenvalue weighted by Crippen LogP contribution is 2.26. The van der Waals surface area contributed by atoms with Crippen molar-refractivity contribution in [2.75, 3.05) is 13.2 Å². The maximum Gasteiger partial charge on any atom is 0.270 e. The Labute approximate surface area is 125 Å². The Morgan fingerprint density at radius 1 is 1.38 bits per heavy atom. The van der Waals surface area contributed by atoms with Crippen molar-refractivity contribution in [3.8, 4) is 0 Å². The maximum atomic E-state index is 12.9. The molecular weight excluding hydrogens is 264 g/mol. The van der Waals surface area contributed by atoms with Gasteiger partial charge in [0.2, 0.25) is 0 Å². The fraction of sp³-hybridized carbons (Fsp3) is 0.471. The number of benzene rings is 1. The van der Waals surface area contributed by atoms with Gasteiger partial charge in [-0.2, -0.15) is 0 Å². The molecule has 0 saturated carbocycles. The van der Waals surface area contributed by atoms with Gasteiger partial charge < -0.3 is 14.6 Å². The first kappa shape index (κ1) is 14.1. The van der Waals surface area contributed by atoms with Crippen LogP contribution in [0, 0.1) is 0 Å². The second kappa shape index (κ2) is 5.90. The molecule has 2 aromatic rings. The van der Waals surface area contributed by atoms with Crippen molar-refractivity contribution in [1.82, 2.24) is 9.47 Å². The van der Waals surface area contributed by atoms with E-state index >= 15 is 0 Å². The first-order valence-electron chi connectivity index (χ1n) is 7.68. The number of nitrogens with zero attached hydrogens (tertiary/aromatic N) is 2. The fourth-order valence-electron chi connectivity index (χ4n) is 3.37. The molecule has 0 aliphatic carbocycles. The van der Waals surface area contributed by atoms with E-state index in [1.165, 1.54) is 0 Å². The second-order valence-corrected chi connectivity index (χ2v) is 5.81. The zero-order valence-corrected chi connectivity index (χ0v) is 12.5. The molecule has 1 fully saturated rings. The summed E-state index contributed by atoms with van der Waals surface area (Å²) >= 11 is 0. The lowest BCUT2D eigenvalue weighted by Gasteiger charge is -2.24. The SMILES string of the molecule is Cn1c(C(=O)N2CCCC2CCCO)cc2ccccc21. The molecule has 0 bridgehead atoms. The second-order valence-electron chi connectivity index (χ2n) is 5.81. The van der Waals surface area contributed by atoms with Crippen LogP contribution in [0.4, 0.5) is 0 Å². The predicted molar refractivity (Wildman–Crippen MR) is 83.3 cm³/mol. The summed E-state index contributed by atoms with van der Waals surface area (Å²) in [6.07, 6.45) is 3.78. The summed E-state index contributed by atoms with van der Waals surface area (Å²) in [6.45, 7) is 1.03. The van der Waals surface area contributed by atoms with E-state index in [0.29, 0.717) is 0 Å². The molecule has 1 N–H and O–H groups in total. The van der Waals surface area contributed by atoms with Crippen molar-refractivity contribution in [3.05, 3.63) is 36.0 Å². The smallest absolute Gasteiger partial charge is 0.270 e. The van der Waals surface area contributed by atoms with E-state index in [0.717, 1.165) is 48.8 Å². The van der Waals surface area contributed by atoms with Gasteiger partial charge in [-0.05, 0) is 37.8 Å². The highest BCUT2D eigenvalue weighted by atomic mass is 16.3. The lowest BCUT2D eigenvalue weighted by molar-refractivity contribution is 0.0715. The molecule has 0 spiro atoms. The number of aliphatic hydroxyl groups is 1. The molecule has 0 radical (unpaired) electrons. The summed E-state index contributed by atoms with van der Waals surface area (Å²) in [5.74, 6) is 0.120. The Hall–Kier alpha value is -1.81. The minimum atomic E-state index is 0.120. The fourth-order valence-corrected chi connectivity index (χ4v) is 3.37. The molecule has 1 aliphatic rings. The normalized spacial score (nSPS) is 18.6. The Morgan fingerprint density at radius 2 is 2.19 bits per heavy atom. The third kappa shape index (κ3) is 2.56. The van der Waals surface area contributed by atoms with Crippen LogP contribution in [0.3, 0.4) is 0 Å². The van der Waals surface area contributed by atoms with Crippen LogP contribution >= 0.6 is 0 Å². The molecule has 1 amide bonds. The van der Waals surface area contributed by atoms with Crippen LogP contribution < -0.4 is 0 Å².